The number of nitrogens with zero attached hydrogens (tertiary/aromatic N) is 1. The molecule has 0 aliphatic rings. The van der Waals surface area contributed by atoms with E-state index in [4.69, 9.17) is 4.52 Å². The van der Waals surface area contributed by atoms with Crippen molar-refractivity contribution in [1.29, 1.82) is 0 Å². The van der Waals surface area contributed by atoms with Crippen molar-refractivity contribution in [3.8, 4) is 0 Å². The Morgan fingerprint density at radius 3 is 2.64 bits per heavy atom. The van der Waals surface area contributed by atoms with Gasteiger partial charge in [-0.25, -0.2) is 0 Å². The zero-order valence-corrected chi connectivity index (χ0v) is 15.2. The number of nitrogens with one attached hydrogen (secondary N) is 2. The van der Waals surface area contributed by atoms with E-state index in [9.17, 15) is 9.59 Å². The van der Waals surface area contributed by atoms with Crippen LogP contribution >= 0.6 is 0 Å². The van der Waals surface area contributed by atoms with Crippen LogP contribution in [-0.4, -0.2) is 17.0 Å². The lowest BCUT2D eigenvalue weighted by molar-refractivity contribution is -0.121. The number of hydrogen-bond donors (Lipinski definition) is 2. The first kappa shape index (κ1) is 18.7. The van der Waals surface area contributed by atoms with Crippen molar-refractivity contribution in [1.82, 2.24) is 10.5 Å². The normalized spacial score (nSPS) is 11.8. The van der Waals surface area contributed by atoms with E-state index < -0.39 is 0 Å². The molecule has 1 aromatic carbocycles. The number of aromatic nitrogens is 1. The van der Waals surface area contributed by atoms with Crippen LogP contribution in [0.2, 0.25) is 0 Å². The van der Waals surface area contributed by atoms with Crippen LogP contribution in [0.5, 0.6) is 0 Å². The first-order chi connectivity index (χ1) is 11.9. The number of benzene rings is 1. The van der Waals surface area contributed by atoms with Gasteiger partial charge in [-0.2, -0.15) is 0 Å². The minimum atomic E-state index is -0.170. The SMILES string of the molecule is CCc1noc(CC)c1CC(=O)N[C@H](C)c1cccc(NC(C)=O)c1. The highest BCUT2D eigenvalue weighted by Crippen LogP contribution is 2.19. The Bertz CT molecular complexity index is 731. The molecule has 0 aliphatic carbocycles. The number of carbonyl (C=O) groups is 2. The summed E-state index contributed by atoms with van der Waals surface area (Å²) in [6.07, 6.45) is 1.70. The Labute approximate surface area is 148 Å². The number of hydrogen-bond acceptors (Lipinski definition) is 4. The quantitative estimate of drug-likeness (QED) is 0.809. The van der Waals surface area contributed by atoms with Gasteiger partial charge in [0.2, 0.25) is 11.8 Å². The first-order valence-electron chi connectivity index (χ1n) is 8.57. The third kappa shape index (κ3) is 4.92. The molecule has 0 saturated heterocycles. The Hall–Kier alpha value is -2.63. The summed E-state index contributed by atoms with van der Waals surface area (Å²) in [6.45, 7) is 7.36. The molecular formula is C19H25N3O3. The lowest BCUT2D eigenvalue weighted by Crippen LogP contribution is -2.28. The van der Waals surface area contributed by atoms with E-state index in [1.54, 1.807) is 0 Å². The third-order valence-corrected chi connectivity index (χ3v) is 4.03. The van der Waals surface area contributed by atoms with Gasteiger partial charge >= 0.3 is 0 Å². The van der Waals surface area contributed by atoms with E-state index >= 15 is 0 Å². The van der Waals surface area contributed by atoms with Gasteiger partial charge in [-0.1, -0.05) is 31.1 Å². The summed E-state index contributed by atoms with van der Waals surface area (Å²) in [7, 11) is 0. The molecule has 0 unspecified atom stereocenters. The van der Waals surface area contributed by atoms with Crippen LogP contribution in [0.25, 0.3) is 0 Å². The van der Waals surface area contributed by atoms with E-state index in [1.165, 1.54) is 6.92 Å². The van der Waals surface area contributed by atoms with Gasteiger partial charge in [-0.3, -0.25) is 9.59 Å². The van der Waals surface area contributed by atoms with Gasteiger partial charge in [0.1, 0.15) is 5.76 Å². The monoisotopic (exact) mass is 343 g/mol. The van der Waals surface area contributed by atoms with E-state index in [1.807, 2.05) is 45.0 Å². The fraction of sp³-hybridized carbons (Fsp3) is 0.421. The molecule has 6 heteroatoms. The predicted octanol–water partition coefficient (Wildman–Crippen LogP) is 3.18. The molecule has 0 fully saturated rings. The Morgan fingerprint density at radius 2 is 2.00 bits per heavy atom. The fourth-order valence-electron chi connectivity index (χ4n) is 2.76. The second-order valence-electron chi connectivity index (χ2n) is 6.01. The predicted molar refractivity (Wildman–Crippen MR) is 96.3 cm³/mol. The smallest absolute Gasteiger partial charge is 0.225 e. The number of carbonyl (C=O) groups excluding carboxylic acids is 2. The average Bonchev–Trinajstić information content (AvgIpc) is 2.96. The van der Waals surface area contributed by atoms with E-state index in [2.05, 4.69) is 15.8 Å². The average molecular weight is 343 g/mol. The van der Waals surface area contributed by atoms with Crippen molar-refractivity contribution in [2.75, 3.05) is 5.32 Å². The number of amides is 2. The van der Waals surface area contributed by atoms with Crippen molar-refractivity contribution in [3.63, 3.8) is 0 Å². The molecule has 2 amide bonds. The highest BCUT2D eigenvalue weighted by Gasteiger charge is 2.18. The molecule has 25 heavy (non-hydrogen) atoms. The summed E-state index contributed by atoms with van der Waals surface area (Å²) in [4.78, 5) is 23.6. The summed E-state index contributed by atoms with van der Waals surface area (Å²) in [5.41, 5.74) is 3.37. The van der Waals surface area contributed by atoms with Gasteiger partial charge < -0.3 is 15.2 Å². The van der Waals surface area contributed by atoms with Crippen LogP contribution in [0.3, 0.4) is 0 Å². The lowest BCUT2D eigenvalue weighted by Gasteiger charge is -2.15. The van der Waals surface area contributed by atoms with Gasteiger partial charge in [-0.15, -0.1) is 0 Å². The van der Waals surface area contributed by atoms with Crippen LogP contribution < -0.4 is 10.6 Å². The van der Waals surface area contributed by atoms with Crippen LogP contribution in [0, 0.1) is 0 Å². The molecule has 0 radical (unpaired) electrons. The van der Waals surface area contributed by atoms with Crippen molar-refractivity contribution >= 4 is 17.5 Å². The summed E-state index contributed by atoms with van der Waals surface area (Å²) in [6, 6.07) is 7.28. The van der Waals surface area contributed by atoms with Crippen LogP contribution in [-0.2, 0) is 28.9 Å². The number of rotatable bonds is 7. The molecule has 2 aromatic rings. The van der Waals surface area contributed by atoms with Crippen LogP contribution in [0.15, 0.2) is 28.8 Å². The summed E-state index contributed by atoms with van der Waals surface area (Å²) in [5, 5.41) is 9.78. The maximum Gasteiger partial charge on any atom is 0.225 e. The van der Waals surface area contributed by atoms with Gasteiger partial charge in [0.15, 0.2) is 0 Å². The molecule has 134 valence electrons. The van der Waals surface area contributed by atoms with E-state index in [0.29, 0.717) is 12.1 Å². The third-order valence-electron chi connectivity index (χ3n) is 4.03. The van der Waals surface area contributed by atoms with Gasteiger partial charge in [0, 0.05) is 24.6 Å². The number of aryl methyl sites for hydroxylation is 2. The minimum absolute atomic E-state index is 0.0787. The van der Waals surface area contributed by atoms with E-state index in [0.717, 1.165) is 29.0 Å². The highest BCUT2D eigenvalue weighted by molar-refractivity contribution is 5.88. The topological polar surface area (TPSA) is 84.2 Å². The Balaban J connectivity index is 2.05. The maximum absolute atomic E-state index is 12.4. The molecule has 1 atom stereocenters. The summed E-state index contributed by atoms with van der Waals surface area (Å²) in [5.74, 6) is 0.567. The molecule has 1 aromatic heterocycles. The fourth-order valence-corrected chi connectivity index (χ4v) is 2.76. The molecule has 2 rings (SSSR count). The largest absolute Gasteiger partial charge is 0.361 e. The van der Waals surface area contributed by atoms with Crippen molar-refractivity contribution in [2.45, 2.75) is 53.0 Å². The molecule has 0 saturated carbocycles. The highest BCUT2D eigenvalue weighted by atomic mass is 16.5. The van der Waals surface area contributed by atoms with E-state index in [-0.39, 0.29) is 24.3 Å². The molecular weight excluding hydrogens is 318 g/mol. The first-order valence-corrected chi connectivity index (χ1v) is 8.57. The second kappa shape index (κ2) is 8.46. The minimum Gasteiger partial charge on any atom is -0.361 e. The van der Waals surface area contributed by atoms with Crippen LogP contribution in [0.4, 0.5) is 5.69 Å². The lowest BCUT2D eigenvalue weighted by atomic mass is 10.0. The zero-order valence-electron chi connectivity index (χ0n) is 15.2. The van der Waals surface area contributed by atoms with Crippen molar-refractivity contribution in [2.24, 2.45) is 0 Å². The Kier molecular flexibility index (Phi) is 6.33. The molecule has 1 heterocycles. The summed E-state index contributed by atoms with van der Waals surface area (Å²) >= 11 is 0. The van der Waals surface area contributed by atoms with Crippen molar-refractivity contribution < 1.29 is 14.1 Å². The maximum atomic E-state index is 12.4. The number of anilines is 1. The molecule has 6 nitrogen and oxygen atoms in total. The van der Waals surface area contributed by atoms with Crippen LogP contribution in [0.1, 0.15) is 56.3 Å². The standard InChI is InChI=1S/C19H25N3O3/c1-5-17-16(18(6-2)25-22-17)11-19(24)20-12(3)14-8-7-9-15(10-14)21-13(4)23/h7-10,12H,5-6,11H2,1-4H3,(H,20,24)(H,21,23)/t12-/m1/s1. The Morgan fingerprint density at radius 1 is 1.24 bits per heavy atom. The van der Waals surface area contributed by atoms with Gasteiger partial charge in [0.05, 0.1) is 18.2 Å². The van der Waals surface area contributed by atoms with Crippen molar-refractivity contribution in [3.05, 3.63) is 46.8 Å². The molecule has 0 aliphatic heterocycles. The molecule has 2 N–H and O–H groups in total. The second-order valence-corrected chi connectivity index (χ2v) is 6.01. The zero-order chi connectivity index (χ0) is 18.4. The molecule has 0 spiro atoms. The van der Waals surface area contributed by atoms with Gasteiger partial charge in [-0.05, 0) is 31.0 Å². The molecule has 0 bridgehead atoms. The van der Waals surface area contributed by atoms with Gasteiger partial charge in [0.25, 0.3) is 0 Å². The summed E-state index contributed by atoms with van der Waals surface area (Å²) < 4.78 is 5.31.